The summed E-state index contributed by atoms with van der Waals surface area (Å²) in [5.41, 5.74) is 0.794. The molecule has 0 unspecified atom stereocenters. The molecular formula is C16H15N3O4S. The fourth-order valence-electron chi connectivity index (χ4n) is 2.52. The van der Waals surface area contributed by atoms with E-state index in [1.807, 2.05) is 5.38 Å². The molecule has 8 heteroatoms. The monoisotopic (exact) mass is 345 g/mol. The second kappa shape index (κ2) is 6.79. The van der Waals surface area contributed by atoms with E-state index in [4.69, 9.17) is 5.11 Å². The first-order valence-electron chi connectivity index (χ1n) is 7.36. The number of aromatic nitrogens is 1. The van der Waals surface area contributed by atoms with Crippen molar-refractivity contribution in [2.75, 3.05) is 26.2 Å². The molecule has 2 aromatic heterocycles. The zero-order valence-corrected chi connectivity index (χ0v) is 13.5. The van der Waals surface area contributed by atoms with Gasteiger partial charge in [-0.25, -0.2) is 4.79 Å². The predicted octanol–water partition coefficient (Wildman–Crippen LogP) is 1.44. The largest absolute Gasteiger partial charge is 0.478 e. The van der Waals surface area contributed by atoms with Gasteiger partial charge in [-0.2, -0.15) is 11.3 Å². The first-order chi connectivity index (χ1) is 11.6. The van der Waals surface area contributed by atoms with Crippen molar-refractivity contribution in [3.8, 4) is 0 Å². The van der Waals surface area contributed by atoms with Gasteiger partial charge in [0.1, 0.15) is 5.69 Å². The number of nitrogens with zero attached hydrogens (tertiary/aromatic N) is 3. The first-order valence-corrected chi connectivity index (χ1v) is 8.30. The summed E-state index contributed by atoms with van der Waals surface area (Å²) in [5, 5.41) is 12.7. The number of rotatable bonds is 3. The van der Waals surface area contributed by atoms with Crippen LogP contribution in [0.4, 0.5) is 0 Å². The molecule has 0 spiro atoms. The summed E-state index contributed by atoms with van der Waals surface area (Å²) in [6.45, 7) is 1.68. The maximum absolute atomic E-state index is 12.4. The van der Waals surface area contributed by atoms with Gasteiger partial charge < -0.3 is 14.9 Å². The molecule has 1 fully saturated rings. The van der Waals surface area contributed by atoms with E-state index in [9.17, 15) is 14.4 Å². The summed E-state index contributed by atoms with van der Waals surface area (Å²) in [6, 6.07) is 4.40. The number of thiophene rings is 1. The smallest absolute Gasteiger partial charge is 0.335 e. The molecule has 124 valence electrons. The van der Waals surface area contributed by atoms with Crippen LogP contribution in [-0.2, 0) is 0 Å². The molecule has 1 saturated heterocycles. The highest BCUT2D eigenvalue weighted by atomic mass is 32.1. The van der Waals surface area contributed by atoms with Crippen molar-refractivity contribution in [3.05, 3.63) is 52.0 Å². The minimum atomic E-state index is -1.10. The molecule has 1 aliphatic heterocycles. The van der Waals surface area contributed by atoms with E-state index in [-0.39, 0.29) is 23.1 Å². The van der Waals surface area contributed by atoms with Gasteiger partial charge in [0, 0.05) is 37.8 Å². The molecule has 0 aliphatic carbocycles. The molecule has 24 heavy (non-hydrogen) atoms. The lowest BCUT2D eigenvalue weighted by Gasteiger charge is -2.34. The number of carbonyl (C=O) groups excluding carboxylic acids is 2. The van der Waals surface area contributed by atoms with Crippen molar-refractivity contribution in [3.63, 3.8) is 0 Å². The summed E-state index contributed by atoms with van der Waals surface area (Å²) < 4.78 is 0. The van der Waals surface area contributed by atoms with Gasteiger partial charge in [0.15, 0.2) is 0 Å². The van der Waals surface area contributed by atoms with Gasteiger partial charge in [-0.3, -0.25) is 14.6 Å². The van der Waals surface area contributed by atoms with Gasteiger partial charge in [-0.05, 0) is 23.6 Å². The van der Waals surface area contributed by atoms with Crippen LogP contribution in [-0.4, -0.2) is 63.9 Å². The van der Waals surface area contributed by atoms with Crippen LogP contribution in [0.3, 0.4) is 0 Å². The van der Waals surface area contributed by atoms with Crippen LogP contribution < -0.4 is 0 Å². The van der Waals surface area contributed by atoms with Crippen molar-refractivity contribution in [1.29, 1.82) is 0 Å². The Bertz CT molecular complexity index is 767. The van der Waals surface area contributed by atoms with Crippen molar-refractivity contribution in [2.45, 2.75) is 0 Å². The van der Waals surface area contributed by atoms with Crippen molar-refractivity contribution in [2.24, 2.45) is 0 Å². The Morgan fingerprint density at radius 1 is 1.00 bits per heavy atom. The highest BCUT2D eigenvalue weighted by Gasteiger charge is 2.26. The number of amides is 2. The van der Waals surface area contributed by atoms with Crippen molar-refractivity contribution < 1.29 is 19.5 Å². The molecule has 0 aromatic carbocycles. The summed E-state index contributed by atoms with van der Waals surface area (Å²) in [5.74, 6) is -1.45. The van der Waals surface area contributed by atoms with Crippen LogP contribution in [0.25, 0.3) is 0 Å². The van der Waals surface area contributed by atoms with Crippen LogP contribution >= 0.6 is 11.3 Å². The number of piperazine rings is 1. The maximum atomic E-state index is 12.4. The minimum Gasteiger partial charge on any atom is -0.478 e. The Balaban J connectivity index is 1.64. The molecular weight excluding hydrogens is 330 g/mol. The summed E-state index contributed by atoms with van der Waals surface area (Å²) in [4.78, 5) is 43.0. The Morgan fingerprint density at radius 3 is 2.25 bits per heavy atom. The van der Waals surface area contributed by atoms with Crippen LogP contribution in [0.5, 0.6) is 0 Å². The van der Waals surface area contributed by atoms with Gasteiger partial charge in [-0.1, -0.05) is 0 Å². The van der Waals surface area contributed by atoms with Crippen LogP contribution in [0.15, 0.2) is 35.2 Å². The molecule has 1 aliphatic rings. The fourth-order valence-corrected chi connectivity index (χ4v) is 3.15. The highest BCUT2D eigenvalue weighted by Crippen LogP contribution is 2.13. The zero-order valence-electron chi connectivity index (χ0n) is 12.7. The summed E-state index contributed by atoms with van der Waals surface area (Å²) in [6.07, 6.45) is 1.31. The molecule has 3 rings (SSSR count). The van der Waals surface area contributed by atoms with Crippen LogP contribution in [0.1, 0.15) is 31.2 Å². The van der Waals surface area contributed by atoms with Gasteiger partial charge in [-0.15, -0.1) is 0 Å². The average molecular weight is 345 g/mol. The van der Waals surface area contributed by atoms with Gasteiger partial charge in [0.25, 0.3) is 11.8 Å². The second-order valence-corrected chi connectivity index (χ2v) is 6.11. The van der Waals surface area contributed by atoms with Crippen LogP contribution in [0, 0.1) is 0 Å². The lowest BCUT2D eigenvalue weighted by Crippen LogP contribution is -2.50. The quantitative estimate of drug-likeness (QED) is 0.909. The molecule has 0 saturated carbocycles. The molecule has 1 N–H and O–H groups in total. The SMILES string of the molecule is O=C(O)c1ccnc(C(=O)N2CCN(C(=O)c3ccsc3)CC2)c1. The Labute approximate surface area is 142 Å². The maximum Gasteiger partial charge on any atom is 0.335 e. The molecule has 0 radical (unpaired) electrons. The molecule has 7 nitrogen and oxygen atoms in total. The average Bonchev–Trinajstić information content (AvgIpc) is 3.15. The van der Waals surface area contributed by atoms with Gasteiger partial charge in [0.2, 0.25) is 0 Å². The van der Waals surface area contributed by atoms with Crippen molar-refractivity contribution in [1.82, 2.24) is 14.8 Å². The predicted molar refractivity (Wildman–Crippen MR) is 87.3 cm³/mol. The number of aromatic carboxylic acids is 1. The molecule has 0 bridgehead atoms. The highest BCUT2D eigenvalue weighted by molar-refractivity contribution is 7.08. The standard InChI is InChI=1S/C16H15N3O4S/c20-14(12-2-8-24-10-12)18-4-6-19(7-5-18)15(21)13-9-11(16(22)23)1-3-17-13/h1-3,8-10H,4-7H2,(H,22,23). The fraction of sp³-hybridized carbons (Fsp3) is 0.250. The van der Waals surface area contributed by atoms with E-state index in [0.717, 1.165) is 0 Å². The number of carboxylic acids is 1. The number of carboxylic acid groups (broad SMARTS) is 1. The Morgan fingerprint density at radius 2 is 1.67 bits per heavy atom. The topological polar surface area (TPSA) is 90.8 Å². The van der Waals surface area contributed by atoms with E-state index in [1.54, 1.807) is 21.2 Å². The second-order valence-electron chi connectivity index (χ2n) is 5.33. The number of hydrogen-bond acceptors (Lipinski definition) is 5. The number of carbonyl (C=O) groups is 3. The van der Waals surface area contributed by atoms with E-state index in [0.29, 0.717) is 31.7 Å². The van der Waals surface area contributed by atoms with E-state index in [2.05, 4.69) is 4.98 Å². The molecule has 2 amide bonds. The molecule has 3 heterocycles. The van der Waals surface area contributed by atoms with E-state index in [1.165, 1.54) is 29.7 Å². The third-order valence-electron chi connectivity index (χ3n) is 3.85. The van der Waals surface area contributed by atoms with E-state index >= 15 is 0 Å². The molecule has 2 aromatic rings. The summed E-state index contributed by atoms with van der Waals surface area (Å²) >= 11 is 1.47. The first kappa shape index (κ1) is 16.1. The van der Waals surface area contributed by atoms with Crippen molar-refractivity contribution >= 4 is 29.1 Å². The number of hydrogen-bond donors (Lipinski definition) is 1. The summed E-state index contributed by atoms with van der Waals surface area (Å²) in [7, 11) is 0. The number of pyridine rings is 1. The third kappa shape index (κ3) is 3.28. The molecule has 0 atom stereocenters. The lowest BCUT2D eigenvalue weighted by molar-refractivity contribution is 0.0532. The van der Waals surface area contributed by atoms with E-state index < -0.39 is 5.97 Å². The Hall–Kier alpha value is -2.74. The zero-order chi connectivity index (χ0) is 17.1. The van der Waals surface area contributed by atoms with Crippen LogP contribution in [0.2, 0.25) is 0 Å². The normalized spacial score (nSPS) is 14.5. The Kier molecular flexibility index (Phi) is 4.57. The third-order valence-corrected chi connectivity index (χ3v) is 4.53. The van der Waals surface area contributed by atoms with Gasteiger partial charge in [0.05, 0.1) is 11.1 Å². The van der Waals surface area contributed by atoms with Gasteiger partial charge >= 0.3 is 5.97 Å². The minimum absolute atomic E-state index is 0.0274. The lowest BCUT2D eigenvalue weighted by atomic mass is 10.2.